The highest BCUT2D eigenvalue weighted by Crippen LogP contribution is 2.24. The summed E-state index contributed by atoms with van der Waals surface area (Å²) >= 11 is 7.26. The minimum atomic E-state index is -0.446. The van der Waals surface area contributed by atoms with Crippen molar-refractivity contribution >= 4 is 23.4 Å². The fraction of sp³-hybridized carbons (Fsp3) is 0.0588. The van der Waals surface area contributed by atoms with Crippen LogP contribution in [0.15, 0.2) is 58.7 Å². The summed E-state index contributed by atoms with van der Waals surface area (Å²) in [5, 5.41) is 10.4. The second kappa shape index (κ2) is 7.30. The lowest BCUT2D eigenvalue weighted by molar-refractivity contribution is 0.934. The van der Waals surface area contributed by atoms with Crippen LogP contribution in [0.1, 0.15) is 11.1 Å². The van der Waals surface area contributed by atoms with Crippen LogP contribution >= 0.6 is 23.4 Å². The fourth-order valence-electron chi connectivity index (χ4n) is 2.08. The molecule has 0 spiro atoms. The Hall–Kier alpha value is -2.62. The largest absolute Gasteiger partial charge is 0.300 e. The second-order valence-corrected chi connectivity index (χ2v) is 6.26. The first-order valence-corrected chi connectivity index (χ1v) is 8.36. The Morgan fingerprint density at radius 1 is 1.17 bits per heavy atom. The van der Waals surface area contributed by atoms with Crippen molar-refractivity contribution in [2.24, 2.45) is 0 Å². The van der Waals surface area contributed by atoms with Gasteiger partial charge in [-0.2, -0.15) is 5.26 Å². The average molecular weight is 355 g/mol. The highest BCUT2D eigenvalue weighted by atomic mass is 35.5. The number of benzene rings is 1. The number of H-pyrrole nitrogens is 1. The molecule has 0 bridgehead atoms. The summed E-state index contributed by atoms with van der Waals surface area (Å²) in [5.74, 6) is 0.627. The van der Waals surface area contributed by atoms with Crippen LogP contribution in [0.5, 0.6) is 0 Å². The molecule has 0 aliphatic rings. The van der Waals surface area contributed by atoms with Gasteiger partial charge < -0.3 is 4.98 Å². The molecule has 0 atom stereocenters. The number of hydrogen-bond donors (Lipinski definition) is 1. The number of hydrogen-bond acceptors (Lipinski definition) is 5. The summed E-state index contributed by atoms with van der Waals surface area (Å²) in [6.07, 6.45) is 3.19. The Bertz CT molecular complexity index is 949. The first-order valence-electron chi connectivity index (χ1n) is 6.99. The molecule has 0 unspecified atom stereocenters. The van der Waals surface area contributed by atoms with E-state index in [0.717, 1.165) is 5.56 Å². The number of aromatic nitrogens is 3. The SMILES string of the molecule is N#Cc1c(-c2ccncc2)nc(SCc2ccc(Cl)cc2)[nH]c1=O. The molecular weight excluding hydrogens is 344 g/mol. The van der Waals surface area contributed by atoms with Crippen LogP contribution in [0.25, 0.3) is 11.3 Å². The highest BCUT2D eigenvalue weighted by molar-refractivity contribution is 7.98. The Labute approximate surface area is 147 Å². The molecule has 0 aliphatic heterocycles. The molecule has 0 aliphatic carbocycles. The van der Waals surface area contributed by atoms with Crippen LogP contribution in [-0.4, -0.2) is 15.0 Å². The fourth-order valence-corrected chi connectivity index (χ4v) is 3.02. The molecular formula is C17H11ClN4OS. The Kier molecular flexibility index (Phi) is 4.94. The van der Waals surface area contributed by atoms with Gasteiger partial charge in [0.2, 0.25) is 0 Å². The number of pyridine rings is 1. The van der Waals surface area contributed by atoms with Gasteiger partial charge in [-0.1, -0.05) is 35.5 Å². The molecule has 0 radical (unpaired) electrons. The van der Waals surface area contributed by atoms with Crippen molar-refractivity contribution in [3.8, 4) is 17.3 Å². The van der Waals surface area contributed by atoms with Crippen LogP contribution in [-0.2, 0) is 5.75 Å². The molecule has 0 amide bonds. The van der Waals surface area contributed by atoms with E-state index in [1.54, 1.807) is 24.5 Å². The van der Waals surface area contributed by atoms with Gasteiger partial charge >= 0.3 is 0 Å². The molecule has 3 aromatic rings. The van der Waals surface area contributed by atoms with Gasteiger partial charge in [-0.3, -0.25) is 9.78 Å². The van der Waals surface area contributed by atoms with Crippen molar-refractivity contribution in [3.05, 3.63) is 75.3 Å². The molecule has 1 N–H and O–H groups in total. The predicted molar refractivity (Wildman–Crippen MR) is 93.8 cm³/mol. The predicted octanol–water partition coefficient (Wildman–Crippen LogP) is 3.65. The number of rotatable bonds is 4. The molecule has 2 aromatic heterocycles. The van der Waals surface area contributed by atoms with Crippen LogP contribution in [0.3, 0.4) is 0 Å². The van der Waals surface area contributed by atoms with Gasteiger partial charge in [0.1, 0.15) is 11.6 Å². The Morgan fingerprint density at radius 2 is 1.88 bits per heavy atom. The average Bonchev–Trinajstić information content (AvgIpc) is 2.61. The Morgan fingerprint density at radius 3 is 2.54 bits per heavy atom. The minimum Gasteiger partial charge on any atom is -0.300 e. The molecule has 0 saturated carbocycles. The summed E-state index contributed by atoms with van der Waals surface area (Å²) in [4.78, 5) is 23.2. The van der Waals surface area contributed by atoms with Gasteiger partial charge in [0.05, 0.1) is 5.69 Å². The van der Waals surface area contributed by atoms with Gasteiger partial charge in [-0.15, -0.1) is 0 Å². The third kappa shape index (κ3) is 3.65. The lowest BCUT2D eigenvalue weighted by atomic mass is 10.1. The molecule has 0 saturated heterocycles. The van der Waals surface area contributed by atoms with Gasteiger partial charge in [-0.25, -0.2) is 4.98 Å². The van der Waals surface area contributed by atoms with Crippen LogP contribution in [0.4, 0.5) is 0 Å². The van der Waals surface area contributed by atoms with E-state index in [2.05, 4.69) is 15.0 Å². The van der Waals surface area contributed by atoms with Crippen LogP contribution < -0.4 is 5.56 Å². The van der Waals surface area contributed by atoms with E-state index in [1.807, 2.05) is 30.3 Å². The second-order valence-electron chi connectivity index (χ2n) is 4.86. The molecule has 1 aromatic carbocycles. The highest BCUT2D eigenvalue weighted by Gasteiger charge is 2.13. The van der Waals surface area contributed by atoms with Crippen molar-refractivity contribution < 1.29 is 0 Å². The molecule has 24 heavy (non-hydrogen) atoms. The summed E-state index contributed by atoms with van der Waals surface area (Å²) in [5.41, 5.74) is 1.65. The van der Waals surface area contributed by atoms with E-state index in [9.17, 15) is 10.1 Å². The smallest absolute Gasteiger partial charge is 0.270 e. The quantitative estimate of drug-likeness (QED) is 0.571. The number of nitrogens with zero attached hydrogens (tertiary/aromatic N) is 3. The molecule has 118 valence electrons. The minimum absolute atomic E-state index is 0.00274. The first kappa shape index (κ1) is 16.2. The summed E-state index contributed by atoms with van der Waals surface area (Å²) in [6, 6.07) is 12.8. The van der Waals surface area contributed by atoms with Crippen molar-refractivity contribution in [2.75, 3.05) is 0 Å². The topological polar surface area (TPSA) is 82.4 Å². The van der Waals surface area contributed by atoms with Crippen LogP contribution in [0.2, 0.25) is 5.02 Å². The van der Waals surface area contributed by atoms with Crippen molar-refractivity contribution in [1.82, 2.24) is 15.0 Å². The van der Waals surface area contributed by atoms with Gasteiger partial charge in [0.25, 0.3) is 5.56 Å². The molecule has 0 fully saturated rings. The van der Waals surface area contributed by atoms with Gasteiger partial charge in [0, 0.05) is 28.7 Å². The van der Waals surface area contributed by atoms with Crippen molar-refractivity contribution in [2.45, 2.75) is 10.9 Å². The monoisotopic (exact) mass is 354 g/mol. The number of nitriles is 1. The molecule has 7 heteroatoms. The third-order valence-electron chi connectivity index (χ3n) is 3.25. The van der Waals surface area contributed by atoms with E-state index in [1.165, 1.54) is 11.8 Å². The van der Waals surface area contributed by atoms with Gasteiger partial charge in [0.15, 0.2) is 5.16 Å². The van der Waals surface area contributed by atoms with E-state index in [0.29, 0.717) is 27.2 Å². The maximum atomic E-state index is 12.2. The number of thioether (sulfide) groups is 1. The van der Waals surface area contributed by atoms with E-state index < -0.39 is 5.56 Å². The zero-order chi connectivity index (χ0) is 16.9. The van der Waals surface area contributed by atoms with Crippen molar-refractivity contribution in [3.63, 3.8) is 0 Å². The van der Waals surface area contributed by atoms with Gasteiger partial charge in [-0.05, 0) is 29.8 Å². The van der Waals surface area contributed by atoms with E-state index >= 15 is 0 Å². The normalized spacial score (nSPS) is 10.3. The maximum Gasteiger partial charge on any atom is 0.270 e. The number of nitrogens with one attached hydrogen (secondary N) is 1. The summed E-state index contributed by atoms with van der Waals surface area (Å²) < 4.78 is 0. The number of aromatic amines is 1. The first-order chi connectivity index (χ1) is 11.7. The third-order valence-corrected chi connectivity index (χ3v) is 4.45. The summed E-state index contributed by atoms with van der Waals surface area (Å²) in [6.45, 7) is 0. The standard InChI is InChI=1S/C17H11ClN4OS/c18-13-3-1-11(2-4-13)10-24-17-21-15(12-5-7-20-8-6-12)14(9-19)16(23)22-17/h1-8H,10H2,(H,21,22,23). The molecule has 5 nitrogen and oxygen atoms in total. The Balaban J connectivity index is 1.92. The van der Waals surface area contributed by atoms with E-state index in [4.69, 9.17) is 11.6 Å². The zero-order valence-electron chi connectivity index (χ0n) is 12.4. The lowest BCUT2D eigenvalue weighted by Gasteiger charge is -2.06. The zero-order valence-corrected chi connectivity index (χ0v) is 13.9. The molecule has 3 rings (SSSR count). The maximum absolute atomic E-state index is 12.2. The number of halogens is 1. The van der Waals surface area contributed by atoms with E-state index in [-0.39, 0.29) is 5.56 Å². The lowest BCUT2D eigenvalue weighted by Crippen LogP contribution is -2.14. The summed E-state index contributed by atoms with van der Waals surface area (Å²) in [7, 11) is 0. The molecule has 2 heterocycles. The van der Waals surface area contributed by atoms with Crippen LogP contribution in [0, 0.1) is 11.3 Å². The van der Waals surface area contributed by atoms with Crippen molar-refractivity contribution in [1.29, 1.82) is 5.26 Å².